The van der Waals surface area contributed by atoms with Gasteiger partial charge in [0.2, 0.25) is 0 Å². The van der Waals surface area contributed by atoms with E-state index >= 15 is 0 Å². The Morgan fingerprint density at radius 3 is 3.14 bits per heavy atom. The molecular weight excluding hydrogens is 306 g/mol. The molecule has 4 aromatic heterocycles. The Bertz CT molecular complexity index is 865. The molecule has 4 rings (SSSR count). The smallest absolute Gasteiger partial charge is 0.191 e. The standard InChI is InChI=1S/C12H9N7S2/c1-2-7(20-3-1)10-17-8(18-19-10)4-21-12-9-11(14-5-13-9)15-6-16-12/h1-3,5-6H,4H2,(H,17,18,19)(H,13,14,15,16). The lowest BCUT2D eigenvalue weighted by atomic mass is 10.4. The Morgan fingerprint density at radius 1 is 1.24 bits per heavy atom. The maximum atomic E-state index is 4.49. The zero-order valence-electron chi connectivity index (χ0n) is 10.6. The lowest BCUT2D eigenvalue weighted by Crippen LogP contribution is -1.89. The van der Waals surface area contributed by atoms with Crippen molar-refractivity contribution >= 4 is 34.3 Å². The van der Waals surface area contributed by atoms with Crippen molar-refractivity contribution in [3.05, 3.63) is 36.0 Å². The highest BCUT2D eigenvalue weighted by atomic mass is 32.2. The molecule has 0 saturated heterocycles. The second kappa shape index (κ2) is 5.26. The summed E-state index contributed by atoms with van der Waals surface area (Å²) in [6.07, 6.45) is 3.13. The highest BCUT2D eigenvalue weighted by Gasteiger charge is 2.10. The van der Waals surface area contributed by atoms with Crippen LogP contribution in [-0.4, -0.2) is 35.1 Å². The van der Waals surface area contributed by atoms with Gasteiger partial charge in [0.25, 0.3) is 0 Å². The van der Waals surface area contributed by atoms with E-state index < -0.39 is 0 Å². The van der Waals surface area contributed by atoms with E-state index in [0.29, 0.717) is 11.4 Å². The van der Waals surface area contributed by atoms with E-state index in [1.807, 2.05) is 17.5 Å². The lowest BCUT2D eigenvalue weighted by Gasteiger charge is -1.98. The molecule has 104 valence electrons. The Labute approximate surface area is 127 Å². The van der Waals surface area contributed by atoms with Crippen molar-refractivity contribution < 1.29 is 0 Å². The van der Waals surface area contributed by atoms with Crippen LogP contribution >= 0.6 is 23.1 Å². The van der Waals surface area contributed by atoms with E-state index in [1.54, 1.807) is 29.4 Å². The largest absolute Gasteiger partial charge is 0.341 e. The van der Waals surface area contributed by atoms with Gasteiger partial charge in [-0.05, 0) is 11.4 Å². The summed E-state index contributed by atoms with van der Waals surface area (Å²) >= 11 is 3.19. The molecule has 0 saturated carbocycles. The van der Waals surface area contributed by atoms with E-state index in [9.17, 15) is 0 Å². The minimum Gasteiger partial charge on any atom is -0.341 e. The molecule has 0 amide bonds. The van der Waals surface area contributed by atoms with Crippen LogP contribution in [0.3, 0.4) is 0 Å². The molecule has 0 bridgehead atoms. The summed E-state index contributed by atoms with van der Waals surface area (Å²) in [6, 6.07) is 3.99. The third-order valence-corrected chi connectivity index (χ3v) is 4.67. The van der Waals surface area contributed by atoms with Gasteiger partial charge in [0.05, 0.1) is 17.0 Å². The molecule has 0 atom stereocenters. The molecular formula is C12H9N7S2. The molecule has 9 heteroatoms. The van der Waals surface area contributed by atoms with Crippen LogP contribution in [-0.2, 0) is 5.75 Å². The van der Waals surface area contributed by atoms with Gasteiger partial charge in [0, 0.05) is 0 Å². The minimum absolute atomic E-state index is 0.656. The molecule has 21 heavy (non-hydrogen) atoms. The quantitative estimate of drug-likeness (QED) is 0.444. The molecule has 0 aliphatic carbocycles. The van der Waals surface area contributed by atoms with Gasteiger partial charge < -0.3 is 4.98 Å². The summed E-state index contributed by atoms with van der Waals surface area (Å²) < 4.78 is 0. The average molecular weight is 315 g/mol. The molecule has 2 N–H and O–H groups in total. The predicted molar refractivity (Wildman–Crippen MR) is 80.9 cm³/mol. The maximum Gasteiger partial charge on any atom is 0.191 e. The van der Waals surface area contributed by atoms with Crippen LogP contribution in [0.2, 0.25) is 0 Å². The molecule has 0 aromatic carbocycles. The van der Waals surface area contributed by atoms with Gasteiger partial charge in [-0.3, -0.25) is 5.10 Å². The average Bonchev–Trinajstić information content (AvgIpc) is 3.23. The van der Waals surface area contributed by atoms with Crippen LogP contribution in [0.25, 0.3) is 21.9 Å². The molecule has 0 spiro atoms. The second-order valence-electron chi connectivity index (χ2n) is 4.15. The van der Waals surface area contributed by atoms with Crippen molar-refractivity contribution in [1.82, 2.24) is 35.1 Å². The van der Waals surface area contributed by atoms with Gasteiger partial charge in [-0.15, -0.1) is 11.3 Å². The van der Waals surface area contributed by atoms with E-state index in [1.165, 1.54) is 6.33 Å². The number of nitrogens with one attached hydrogen (secondary N) is 2. The monoisotopic (exact) mass is 315 g/mol. The van der Waals surface area contributed by atoms with Crippen LogP contribution < -0.4 is 0 Å². The molecule has 7 nitrogen and oxygen atoms in total. The van der Waals surface area contributed by atoms with Gasteiger partial charge in [-0.1, -0.05) is 17.8 Å². The number of aromatic nitrogens is 7. The number of H-pyrrole nitrogens is 2. The van der Waals surface area contributed by atoms with Crippen molar-refractivity contribution in [3.8, 4) is 10.7 Å². The zero-order chi connectivity index (χ0) is 14.1. The minimum atomic E-state index is 0.656. The van der Waals surface area contributed by atoms with Gasteiger partial charge in [0.15, 0.2) is 11.5 Å². The summed E-state index contributed by atoms with van der Waals surface area (Å²) in [7, 11) is 0. The number of thiophene rings is 1. The van der Waals surface area contributed by atoms with Crippen molar-refractivity contribution in [3.63, 3.8) is 0 Å². The number of imidazole rings is 1. The number of hydrogen-bond donors (Lipinski definition) is 2. The molecule has 4 aromatic rings. The first-order valence-corrected chi connectivity index (χ1v) is 7.99. The molecule has 0 radical (unpaired) electrons. The van der Waals surface area contributed by atoms with Crippen molar-refractivity contribution in [2.75, 3.05) is 0 Å². The van der Waals surface area contributed by atoms with Crippen LogP contribution in [0.1, 0.15) is 5.82 Å². The van der Waals surface area contributed by atoms with Gasteiger partial charge in [-0.2, -0.15) is 5.10 Å². The van der Waals surface area contributed by atoms with Crippen LogP contribution in [0.4, 0.5) is 0 Å². The van der Waals surface area contributed by atoms with E-state index in [-0.39, 0.29) is 0 Å². The fourth-order valence-corrected chi connectivity index (χ4v) is 3.34. The SMILES string of the molecule is c1csc(-c2n[nH]c(CSc3ncnc4nc[nH]c34)n2)c1. The second-order valence-corrected chi connectivity index (χ2v) is 6.06. The van der Waals surface area contributed by atoms with Crippen LogP contribution in [0, 0.1) is 0 Å². The Balaban J connectivity index is 1.53. The zero-order valence-corrected chi connectivity index (χ0v) is 12.3. The van der Waals surface area contributed by atoms with Crippen molar-refractivity contribution in [1.29, 1.82) is 0 Å². The van der Waals surface area contributed by atoms with Gasteiger partial charge in [0.1, 0.15) is 22.7 Å². The summed E-state index contributed by atoms with van der Waals surface area (Å²) in [5.74, 6) is 2.20. The van der Waals surface area contributed by atoms with Crippen molar-refractivity contribution in [2.24, 2.45) is 0 Å². The summed E-state index contributed by atoms with van der Waals surface area (Å²) in [5, 5.41) is 10.1. The van der Waals surface area contributed by atoms with Crippen molar-refractivity contribution in [2.45, 2.75) is 10.8 Å². The first-order chi connectivity index (χ1) is 10.4. The number of fused-ring (bicyclic) bond motifs is 1. The number of aromatic amines is 2. The lowest BCUT2D eigenvalue weighted by molar-refractivity contribution is 1.02. The topological polar surface area (TPSA) is 96.0 Å². The number of hydrogen-bond acceptors (Lipinski definition) is 7. The molecule has 4 heterocycles. The molecule has 0 aliphatic rings. The van der Waals surface area contributed by atoms with E-state index in [4.69, 9.17) is 0 Å². The molecule has 0 aliphatic heterocycles. The highest BCUT2D eigenvalue weighted by Crippen LogP contribution is 2.26. The first kappa shape index (κ1) is 12.5. The Morgan fingerprint density at radius 2 is 2.24 bits per heavy atom. The summed E-state index contributed by atoms with van der Waals surface area (Å²) in [5.41, 5.74) is 1.52. The van der Waals surface area contributed by atoms with E-state index in [0.717, 1.165) is 27.1 Å². The molecule has 0 unspecified atom stereocenters. The van der Waals surface area contributed by atoms with Crippen LogP contribution in [0.15, 0.2) is 35.2 Å². The highest BCUT2D eigenvalue weighted by molar-refractivity contribution is 7.98. The summed E-state index contributed by atoms with van der Waals surface area (Å²) in [6.45, 7) is 0. The normalized spacial score (nSPS) is 11.2. The van der Waals surface area contributed by atoms with Gasteiger partial charge >= 0.3 is 0 Å². The van der Waals surface area contributed by atoms with Crippen LogP contribution in [0.5, 0.6) is 0 Å². The molecule has 0 fully saturated rings. The third-order valence-electron chi connectivity index (χ3n) is 2.81. The van der Waals surface area contributed by atoms with E-state index in [2.05, 4.69) is 35.1 Å². The summed E-state index contributed by atoms with van der Waals surface area (Å²) in [4.78, 5) is 21.1. The maximum absolute atomic E-state index is 4.49. The van der Waals surface area contributed by atoms with Gasteiger partial charge in [-0.25, -0.2) is 19.9 Å². The predicted octanol–water partition coefficient (Wildman–Crippen LogP) is 2.49. The number of rotatable bonds is 4. The fraction of sp³-hybridized carbons (Fsp3) is 0.0833. The number of thioether (sulfide) groups is 1. The number of nitrogens with zero attached hydrogens (tertiary/aromatic N) is 5. The Kier molecular flexibility index (Phi) is 3.13. The Hall–Kier alpha value is -2.26. The fourth-order valence-electron chi connectivity index (χ4n) is 1.86. The third kappa shape index (κ3) is 2.41. The first-order valence-electron chi connectivity index (χ1n) is 6.12.